The first-order chi connectivity index (χ1) is 9.70. The van der Waals surface area contributed by atoms with Gasteiger partial charge < -0.3 is 11.1 Å². The van der Waals surface area contributed by atoms with E-state index in [1.807, 2.05) is 6.92 Å². The Labute approximate surface area is 128 Å². The molecule has 1 aromatic carbocycles. The summed E-state index contributed by atoms with van der Waals surface area (Å²) in [6.45, 7) is 1.88. The van der Waals surface area contributed by atoms with E-state index in [4.69, 9.17) is 17.3 Å². The van der Waals surface area contributed by atoms with Gasteiger partial charge in [0.15, 0.2) is 5.82 Å². The molecule has 1 aromatic rings. The van der Waals surface area contributed by atoms with Crippen molar-refractivity contribution in [2.45, 2.75) is 18.2 Å². The molecule has 118 valence electrons. The molecule has 0 unspecified atom stereocenters. The van der Waals surface area contributed by atoms with Crippen molar-refractivity contribution in [3.8, 4) is 0 Å². The summed E-state index contributed by atoms with van der Waals surface area (Å²) in [6.07, 6.45) is 0.724. The maximum atomic E-state index is 13.9. The van der Waals surface area contributed by atoms with Crippen LogP contribution in [-0.4, -0.2) is 38.8 Å². The van der Waals surface area contributed by atoms with E-state index in [2.05, 4.69) is 5.32 Å². The number of sulfonamides is 1. The first-order valence-corrected chi connectivity index (χ1v) is 7.99. The molecule has 6 nitrogen and oxygen atoms in total. The second-order valence-electron chi connectivity index (χ2n) is 4.42. The molecule has 0 aliphatic carbocycles. The van der Waals surface area contributed by atoms with Crippen molar-refractivity contribution in [1.29, 1.82) is 0 Å². The highest BCUT2D eigenvalue weighted by Crippen LogP contribution is 2.27. The number of halogens is 2. The van der Waals surface area contributed by atoms with Crippen LogP contribution in [0.15, 0.2) is 17.0 Å². The number of carbonyl (C=O) groups excluding carboxylic acids is 1. The summed E-state index contributed by atoms with van der Waals surface area (Å²) in [5, 5.41) is 2.53. The lowest BCUT2D eigenvalue weighted by Gasteiger charge is -2.18. The number of anilines is 1. The fourth-order valence-electron chi connectivity index (χ4n) is 1.55. The van der Waals surface area contributed by atoms with Gasteiger partial charge in [0, 0.05) is 18.6 Å². The molecule has 1 rings (SSSR count). The molecular formula is C12H17ClFN3O3S. The molecule has 0 saturated heterocycles. The number of hydrogen-bond donors (Lipinski definition) is 2. The number of likely N-dealkylation sites (N-methyl/N-ethyl adjacent to an activating group) is 1. The number of amides is 1. The Morgan fingerprint density at radius 3 is 2.67 bits per heavy atom. The van der Waals surface area contributed by atoms with E-state index in [1.54, 1.807) is 0 Å². The summed E-state index contributed by atoms with van der Waals surface area (Å²) in [4.78, 5) is 10.9. The van der Waals surface area contributed by atoms with Crippen LogP contribution < -0.4 is 11.1 Å². The monoisotopic (exact) mass is 337 g/mol. The summed E-state index contributed by atoms with van der Waals surface area (Å²) >= 11 is 5.70. The van der Waals surface area contributed by atoms with Crippen LogP contribution in [0.25, 0.3) is 0 Å². The predicted octanol–water partition coefficient (Wildman–Crippen LogP) is 1.21. The maximum absolute atomic E-state index is 13.9. The van der Waals surface area contributed by atoms with Gasteiger partial charge in [-0.15, -0.1) is 0 Å². The molecule has 0 saturated carbocycles. The van der Waals surface area contributed by atoms with Crippen LogP contribution in [0.2, 0.25) is 5.02 Å². The molecule has 0 aliphatic heterocycles. The molecule has 0 bridgehead atoms. The second-order valence-corrected chi connectivity index (χ2v) is 6.87. The van der Waals surface area contributed by atoms with Crippen molar-refractivity contribution in [3.63, 3.8) is 0 Å². The molecule has 0 aliphatic rings. The third-order valence-corrected chi connectivity index (χ3v) is 4.68. The summed E-state index contributed by atoms with van der Waals surface area (Å²) in [5.41, 5.74) is 4.99. The highest BCUT2D eigenvalue weighted by atomic mass is 35.5. The van der Waals surface area contributed by atoms with Crippen LogP contribution in [0.3, 0.4) is 0 Å². The Morgan fingerprint density at radius 2 is 2.10 bits per heavy atom. The Morgan fingerprint density at radius 1 is 1.48 bits per heavy atom. The fourth-order valence-corrected chi connectivity index (χ4v) is 3.08. The van der Waals surface area contributed by atoms with E-state index in [-0.39, 0.29) is 10.7 Å². The first kappa shape index (κ1) is 17.7. The number of carbonyl (C=O) groups is 1. The van der Waals surface area contributed by atoms with Crippen LogP contribution in [-0.2, 0) is 14.8 Å². The molecule has 0 heterocycles. The van der Waals surface area contributed by atoms with Crippen molar-refractivity contribution in [3.05, 3.63) is 23.0 Å². The predicted molar refractivity (Wildman–Crippen MR) is 78.9 cm³/mol. The van der Waals surface area contributed by atoms with Crippen molar-refractivity contribution in [2.75, 3.05) is 25.9 Å². The second kappa shape index (κ2) is 7.06. The average molecular weight is 338 g/mol. The van der Waals surface area contributed by atoms with Gasteiger partial charge in [-0.2, -0.15) is 4.31 Å². The SMILES string of the molecule is CCCNC(=O)CN(C)S(=O)(=O)c1cc(Cl)cc(N)c1F. The van der Waals surface area contributed by atoms with Gasteiger partial charge in [0.2, 0.25) is 15.9 Å². The first-order valence-electron chi connectivity index (χ1n) is 6.17. The standard InChI is InChI=1S/C12H17ClFN3O3S/c1-3-4-16-11(18)7-17(2)21(19,20)10-6-8(13)5-9(15)12(10)14/h5-6H,3-4,7,15H2,1-2H3,(H,16,18). The van der Waals surface area contributed by atoms with Crippen molar-refractivity contribution >= 4 is 33.2 Å². The maximum Gasteiger partial charge on any atom is 0.246 e. The Kier molecular flexibility index (Phi) is 5.94. The van der Waals surface area contributed by atoms with E-state index >= 15 is 0 Å². The third-order valence-electron chi connectivity index (χ3n) is 2.66. The fraction of sp³-hybridized carbons (Fsp3) is 0.417. The van der Waals surface area contributed by atoms with E-state index in [0.29, 0.717) is 6.54 Å². The van der Waals surface area contributed by atoms with E-state index in [1.165, 1.54) is 7.05 Å². The number of nitrogen functional groups attached to an aromatic ring is 1. The topological polar surface area (TPSA) is 92.5 Å². The summed E-state index contributed by atoms with van der Waals surface area (Å²) in [7, 11) is -3.02. The average Bonchev–Trinajstić information content (AvgIpc) is 2.40. The minimum absolute atomic E-state index is 0.00342. The lowest BCUT2D eigenvalue weighted by molar-refractivity contribution is -0.121. The van der Waals surface area contributed by atoms with Gasteiger partial charge in [-0.05, 0) is 18.6 Å². The lowest BCUT2D eigenvalue weighted by Crippen LogP contribution is -2.38. The summed E-state index contributed by atoms with van der Waals surface area (Å²) in [6, 6.07) is 2.08. The Hall–Kier alpha value is -1.38. The van der Waals surface area contributed by atoms with Gasteiger partial charge in [-0.1, -0.05) is 18.5 Å². The zero-order valence-electron chi connectivity index (χ0n) is 11.7. The number of benzene rings is 1. The molecule has 0 radical (unpaired) electrons. The largest absolute Gasteiger partial charge is 0.396 e. The van der Waals surface area contributed by atoms with Gasteiger partial charge in [-0.25, -0.2) is 12.8 Å². The van der Waals surface area contributed by atoms with Gasteiger partial charge in [0.05, 0.1) is 12.2 Å². The molecule has 3 N–H and O–H groups in total. The minimum Gasteiger partial charge on any atom is -0.396 e. The van der Waals surface area contributed by atoms with Gasteiger partial charge >= 0.3 is 0 Å². The molecule has 0 aromatic heterocycles. The van der Waals surface area contributed by atoms with Gasteiger partial charge in [0.1, 0.15) is 4.90 Å². The highest BCUT2D eigenvalue weighted by molar-refractivity contribution is 7.89. The van der Waals surface area contributed by atoms with E-state index in [0.717, 1.165) is 22.9 Å². The molecule has 0 atom stereocenters. The Bertz CT molecular complexity index is 637. The molecule has 0 fully saturated rings. The lowest BCUT2D eigenvalue weighted by atomic mass is 10.3. The number of nitrogens with one attached hydrogen (secondary N) is 1. The summed E-state index contributed by atoms with van der Waals surface area (Å²) in [5.74, 6) is -1.56. The summed E-state index contributed by atoms with van der Waals surface area (Å²) < 4.78 is 39.1. The van der Waals surface area contributed by atoms with Crippen molar-refractivity contribution in [1.82, 2.24) is 9.62 Å². The quantitative estimate of drug-likeness (QED) is 0.763. The van der Waals surface area contributed by atoms with Crippen LogP contribution in [0.5, 0.6) is 0 Å². The normalized spacial score (nSPS) is 11.7. The zero-order chi connectivity index (χ0) is 16.2. The minimum atomic E-state index is -4.20. The van der Waals surface area contributed by atoms with Gasteiger partial charge in [0.25, 0.3) is 0 Å². The molecule has 9 heteroatoms. The van der Waals surface area contributed by atoms with E-state index in [9.17, 15) is 17.6 Å². The zero-order valence-corrected chi connectivity index (χ0v) is 13.3. The molecular weight excluding hydrogens is 321 g/mol. The van der Waals surface area contributed by atoms with Crippen LogP contribution in [0.4, 0.5) is 10.1 Å². The van der Waals surface area contributed by atoms with Crippen molar-refractivity contribution < 1.29 is 17.6 Å². The Balaban J connectivity index is 3.03. The third kappa shape index (κ3) is 4.29. The van der Waals surface area contributed by atoms with E-state index < -0.39 is 33.2 Å². The van der Waals surface area contributed by atoms with Crippen LogP contribution in [0, 0.1) is 5.82 Å². The smallest absolute Gasteiger partial charge is 0.246 e. The number of nitrogens with two attached hydrogens (primary N) is 1. The van der Waals surface area contributed by atoms with Crippen molar-refractivity contribution in [2.24, 2.45) is 0 Å². The number of rotatable bonds is 6. The number of nitrogens with zero attached hydrogens (tertiary/aromatic N) is 1. The molecule has 0 spiro atoms. The number of hydrogen-bond acceptors (Lipinski definition) is 4. The van der Waals surface area contributed by atoms with Crippen LogP contribution >= 0.6 is 11.6 Å². The molecule has 1 amide bonds. The van der Waals surface area contributed by atoms with Crippen LogP contribution in [0.1, 0.15) is 13.3 Å². The van der Waals surface area contributed by atoms with Gasteiger partial charge in [-0.3, -0.25) is 4.79 Å². The highest BCUT2D eigenvalue weighted by Gasteiger charge is 2.27. The molecule has 21 heavy (non-hydrogen) atoms.